The van der Waals surface area contributed by atoms with Crippen molar-refractivity contribution in [3.05, 3.63) is 77.1 Å². The summed E-state index contributed by atoms with van der Waals surface area (Å²) in [5.74, 6) is -0.357. The molecule has 4 rings (SSSR count). The quantitative estimate of drug-likeness (QED) is 0.688. The zero-order chi connectivity index (χ0) is 18.6. The molecule has 1 aromatic heterocycles. The number of carbonyl (C=O) groups is 1. The molecule has 0 N–H and O–H groups in total. The van der Waals surface area contributed by atoms with Crippen LogP contribution in [-0.2, 0) is 6.54 Å². The minimum absolute atomic E-state index is 0.0327. The van der Waals surface area contributed by atoms with Gasteiger partial charge < -0.3 is 4.90 Å². The van der Waals surface area contributed by atoms with Crippen LogP contribution in [0.5, 0.6) is 0 Å². The lowest BCUT2D eigenvalue weighted by atomic mass is 10.1. The zero-order valence-electron chi connectivity index (χ0n) is 14.8. The first-order valence-electron chi connectivity index (χ1n) is 8.96. The van der Waals surface area contributed by atoms with E-state index in [4.69, 9.17) is 4.98 Å². The summed E-state index contributed by atoms with van der Waals surface area (Å²) in [6.07, 6.45) is 0. The van der Waals surface area contributed by atoms with Gasteiger partial charge in [-0.1, -0.05) is 30.3 Å². The zero-order valence-corrected chi connectivity index (χ0v) is 15.7. The molecule has 1 saturated heterocycles. The number of rotatable bonds is 4. The van der Waals surface area contributed by atoms with E-state index in [-0.39, 0.29) is 11.7 Å². The number of hydrogen-bond donors (Lipinski definition) is 0. The smallest absolute Gasteiger partial charge is 0.253 e. The van der Waals surface area contributed by atoms with Crippen molar-refractivity contribution in [3.8, 4) is 10.6 Å². The minimum atomic E-state index is -0.325. The maximum atomic E-state index is 13.0. The van der Waals surface area contributed by atoms with Crippen LogP contribution in [0.15, 0.2) is 60.0 Å². The SMILES string of the molecule is O=C(c1ccc(F)cc1)N1CCN(Cc2csc(-c3ccccc3)n2)CC1. The fourth-order valence-corrected chi connectivity index (χ4v) is 4.02. The number of amides is 1. The van der Waals surface area contributed by atoms with Crippen LogP contribution in [0.25, 0.3) is 10.6 Å². The lowest BCUT2D eigenvalue weighted by Crippen LogP contribution is -2.48. The monoisotopic (exact) mass is 381 g/mol. The topological polar surface area (TPSA) is 36.4 Å². The summed E-state index contributed by atoms with van der Waals surface area (Å²) in [6.45, 7) is 3.76. The second kappa shape index (κ2) is 7.98. The predicted octanol–water partition coefficient (Wildman–Crippen LogP) is 3.91. The summed E-state index contributed by atoms with van der Waals surface area (Å²) >= 11 is 1.66. The van der Waals surface area contributed by atoms with Crippen molar-refractivity contribution in [3.63, 3.8) is 0 Å². The highest BCUT2D eigenvalue weighted by molar-refractivity contribution is 7.13. The van der Waals surface area contributed by atoms with E-state index in [1.807, 2.05) is 23.1 Å². The minimum Gasteiger partial charge on any atom is -0.336 e. The number of carbonyl (C=O) groups excluding carboxylic acids is 1. The summed E-state index contributed by atoms with van der Waals surface area (Å²) in [7, 11) is 0. The summed E-state index contributed by atoms with van der Waals surface area (Å²) < 4.78 is 13.0. The van der Waals surface area contributed by atoms with E-state index in [0.717, 1.165) is 35.9 Å². The van der Waals surface area contributed by atoms with E-state index in [2.05, 4.69) is 22.4 Å². The van der Waals surface area contributed by atoms with Gasteiger partial charge >= 0.3 is 0 Å². The predicted molar refractivity (Wildman–Crippen MR) is 105 cm³/mol. The molecular weight excluding hydrogens is 361 g/mol. The van der Waals surface area contributed by atoms with Crippen molar-refractivity contribution in [1.82, 2.24) is 14.8 Å². The van der Waals surface area contributed by atoms with Gasteiger partial charge in [0, 0.05) is 49.2 Å². The van der Waals surface area contributed by atoms with Crippen molar-refractivity contribution < 1.29 is 9.18 Å². The number of thiazole rings is 1. The summed E-state index contributed by atoms with van der Waals surface area (Å²) in [4.78, 5) is 21.4. The summed E-state index contributed by atoms with van der Waals surface area (Å²) in [5.41, 5.74) is 2.75. The Morgan fingerprint density at radius 3 is 2.41 bits per heavy atom. The van der Waals surface area contributed by atoms with Gasteiger partial charge in [-0.3, -0.25) is 9.69 Å². The third-order valence-electron chi connectivity index (χ3n) is 4.71. The van der Waals surface area contributed by atoms with Crippen LogP contribution in [0.4, 0.5) is 4.39 Å². The molecule has 0 radical (unpaired) electrons. The van der Waals surface area contributed by atoms with E-state index in [1.165, 1.54) is 12.1 Å². The molecular formula is C21H20FN3OS. The molecule has 0 unspecified atom stereocenters. The molecule has 0 aliphatic carbocycles. The van der Waals surface area contributed by atoms with E-state index >= 15 is 0 Å². The van der Waals surface area contributed by atoms with Crippen LogP contribution in [0, 0.1) is 5.82 Å². The van der Waals surface area contributed by atoms with Crippen molar-refractivity contribution in [2.24, 2.45) is 0 Å². The third-order valence-corrected chi connectivity index (χ3v) is 5.65. The van der Waals surface area contributed by atoms with Crippen LogP contribution in [0.3, 0.4) is 0 Å². The number of piperazine rings is 1. The van der Waals surface area contributed by atoms with Gasteiger partial charge in [-0.25, -0.2) is 9.37 Å². The molecule has 1 aliphatic heterocycles. The highest BCUT2D eigenvalue weighted by atomic mass is 32.1. The van der Waals surface area contributed by atoms with Crippen LogP contribution in [-0.4, -0.2) is 46.9 Å². The molecule has 6 heteroatoms. The molecule has 2 heterocycles. The average Bonchev–Trinajstić information content (AvgIpc) is 3.18. The third kappa shape index (κ3) is 4.23. The Hall–Kier alpha value is -2.57. The number of aromatic nitrogens is 1. The standard InChI is InChI=1S/C21H20FN3OS/c22-18-8-6-17(7-9-18)21(26)25-12-10-24(11-13-25)14-19-15-27-20(23-19)16-4-2-1-3-5-16/h1-9,15H,10-14H2. The van der Waals surface area contributed by atoms with Crippen molar-refractivity contribution >= 4 is 17.2 Å². The van der Waals surface area contributed by atoms with Gasteiger partial charge in [0.25, 0.3) is 5.91 Å². The molecule has 0 bridgehead atoms. The van der Waals surface area contributed by atoms with Crippen molar-refractivity contribution in [1.29, 1.82) is 0 Å². The maximum absolute atomic E-state index is 13.0. The lowest BCUT2D eigenvalue weighted by molar-refractivity contribution is 0.0627. The molecule has 4 nitrogen and oxygen atoms in total. The number of hydrogen-bond acceptors (Lipinski definition) is 4. The average molecular weight is 381 g/mol. The lowest BCUT2D eigenvalue weighted by Gasteiger charge is -2.34. The molecule has 0 spiro atoms. The van der Waals surface area contributed by atoms with Crippen LogP contribution in [0.1, 0.15) is 16.1 Å². The second-order valence-corrected chi connectivity index (χ2v) is 7.44. The van der Waals surface area contributed by atoms with Crippen molar-refractivity contribution in [2.75, 3.05) is 26.2 Å². The molecule has 1 fully saturated rings. The van der Waals surface area contributed by atoms with E-state index in [0.29, 0.717) is 18.7 Å². The van der Waals surface area contributed by atoms with Gasteiger partial charge in [0.15, 0.2) is 0 Å². The Balaban J connectivity index is 1.33. The Morgan fingerprint density at radius 2 is 1.70 bits per heavy atom. The first-order chi connectivity index (χ1) is 13.2. The normalized spacial score (nSPS) is 15.1. The molecule has 0 atom stereocenters. The Kier molecular flexibility index (Phi) is 5.27. The fraction of sp³-hybridized carbons (Fsp3) is 0.238. The Morgan fingerprint density at radius 1 is 1.00 bits per heavy atom. The van der Waals surface area contributed by atoms with E-state index in [1.54, 1.807) is 23.5 Å². The molecule has 2 aromatic carbocycles. The fourth-order valence-electron chi connectivity index (χ4n) is 3.21. The first-order valence-corrected chi connectivity index (χ1v) is 9.84. The molecule has 1 aliphatic rings. The number of benzene rings is 2. The number of nitrogens with zero attached hydrogens (tertiary/aromatic N) is 3. The van der Waals surface area contributed by atoms with Gasteiger partial charge in [0.05, 0.1) is 5.69 Å². The number of halogens is 1. The van der Waals surface area contributed by atoms with Crippen LogP contribution >= 0.6 is 11.3 Å². The molecule has 3 aromatic rings. The second-order valence-electron chi connectivity index (χ2n) is 6.59. The summed E-state index contributed by atoms with van der Waals surface area (Å²) in [6, 6.07) is 15.9. The van der Waals surface area contributed by atoms with Crippen LogP contribution in [0.2, 0.25) is 0 Å². The van der Waals surface area contributed by atoms with Gasteiger partial charge in [-0.2, -0.15) is 0 Å². The highest BCUT2D eigenvalue weighted by Crippen LogP contribution is 2.24. The molecule has 138 valence electrons. The van der Waals surface area contributed by atoms with Gasteiger partial charge in [0.1, 0.15) is 10.8 Å². The van der Waals surface area contributed by atoms with Gasteiger partial charge in [-0.15, -0.1) is 11.3 Å². The maximum Gasteiger partial charge on any atom is 0.253 e. The van der Waals surface area contributed by atoms with Gasteiger partial charge in [-0.05, 0) is 24.3 Å². The Labute approximate surface area is 161 Å². The van der Waals surface area contributed by atoms with Crippen molar-refractivity contribution in [2.45, 2.75) is 6.54 Å². The van der Waals surface area contributed by atoms with Crippen LogP contribution < -0.4 is 0 Å². The Bertz CT molecular complexity index is 903. The largest absolute Gasteiger partial charge is 0.336 e. The van der Waals surface area contributed by atoms with Gasteiger partial charge in [0.2, 0.25) is 0 Å². The highest BCUT2D eigenvalue weighted by Gasteiger charge is 2.22. The van der Waals surface area contributed by atoms with E-state index in [9.17, 15) is 9.18 Å². The first kappa shape index (κ1) is 17.8. The van der Waals surface area contributed by atoms with E-state index < -0.39 is 0 Å². The molecule has 1 amide bonds. The molecule has 0 saturated carbocycles. The summed E-state index contributed by atoms with van der Waals surface area (Å²) in [5, 5.41) is 3.15. The molecule has 27 heavy (non-hydrogen) atoms.